The van der Waals surface area contributed by atoms with Crippen LogP contribution in [0.4, 0.5) is 0 Å². The van der Waals surface area contributed by atoms with Gasteiger partial charge in [0.15, 0.2) is 0 Å². The molecule has 5 heteroatoms. The van der Waals surface area contributed by atoms with Crippen molar-refractivity contribution >= 4 is 16.9 Å². The van der Waals surface area contributed by atoms with Gasteiger partial charge in [-0.05, 0) is 85.9 Å². The molecule has 1 aliphatic heterocycles. The van der Waals surface area contributed by atoms with Crippen LogP contribution in [-0.4, -0.2) is 35.6 Å². The molecule has 0 N–H and O–H groups in total. The van der Waals surface area contributed by atoms with Crippen molar-refractivity contribution < 1.29 is 14.3 Å². The first-order valence-corrected chi connectivity index (χ1v) is 12.9. The summed E-state index contributed by atoms with van der Waals surface area (Å²) in [5, 5.41) is 1.20. The highest BCUT2D eigenvalue weighted by Gasteiger charge is 2.16. The number of carbonyl (C=O) groups excluding carboxylic acids is 1. The summed E-state index contributed by atoms with van der Waals surface area (Å²) in [4.78, 5) is 14.4. The lowest BCUT2D eigenvalue weighted by molar-refractivity contribution is -0.134. The number of ether oxygens (including phenoxy) is 2. The van der Waals surface area contributed by atoms with E-state index in [0.29, 0.717) is 12.2 Å². The van der Waals surface area contributed by atoms with E-state index in [1.807, 2.05) is 31.2 Å². The Hall–Kier alpha value is -3.57. The average molecular weight is 483 g/mol. The van der Waals surface area contributed by atoms with E-state index in [4.69, 9.17) is 9.47 Å². The van der Waals surface area contributed by atoms with Gasteiger partial charge in [0.25, 0.3) is 0 Å². The molecule has 1 saturated heterocycles. The molecule has 0 saturated carbocycles. The number of hydrogen-bond donors (Lipinski definition) is 0. The lowest BCUT2D eigenvalue weighted by Crippen LogP contribution is -2.18. The van der Waals surface area contributed by atoms with E-state index < -0.39 is 0 Å². The number of rotatable bonds is 9. The number of aromatic nitrogens is 1. The highest BCUT2D eigenvalue weighted by molar-refractivity contribution is 5.87. The maximum atomic E-state index is 11.9. The Kier molecular flexibility index (Phi) is 7.38. The molecule has 0 aliphatic carbocycles. The molecule has 1 fully saturated rings. The van der Waals surface area contributed by atoms with Gasteiger partial charge in [-0.2, -0.15) is 0 Å². The first kappa shape index (κ1) is 24.1. The molecule has 0 amide bonds. The molecular formula is C31H34N2O3. The first-order valence-electron chi connectivity index (χ1n) is 12.9. The fourth-order valence-corrected chi connectivity index (χ4v) is 5.08. The standard InChI is InChI=1S/C31H34N2O3/c1-3-8-31(34)36-27-15-13-24(14-16-27)29-20-25-9-4-5-10-28(25)33(29)21-23-11-12-26(30(19-23)35-2)22-32-17-6-7-18-32/h4-5,9-16,19-20H,3,6-8,17-18,21-22H2,1-2H3. The minimum atomic E-state index is -0.193. The van der Waals surface area contributed by atoms with Crippen LogP contribution in [0, 0.1) is 0 Å². The summed E-state index contributed by atoms with van der Waals surface area (Å²) >= 11 is 0. The van der Waals surface area contributed by atoms with Crippen molar-refractivity contribution in [1.82, 2.24) is 9.47 Å². The van der Waals surface area contributed by atoms with E-state index in [0.717, 1.165) is 36.5 Å². The smallest absolute Gasteiger partial charge is 0.311 e. The average Bonchev–Trinajstić information content (AvgIpc) is 3.54. The monoisotopic (exact) mass is 482 g/mol. The molecule has 0 bridgehead atoms. The van der Waals surface area contributed by atoms with Crippen LogP contribution in [0.3, 0.4) is 0 Å². The summed E-state index contributed by atoms with van der Waals surface area (Å²) in [5.74, 6) is 1.34. The van der Waals surface area contributed by atoms with Gasteiger partial charge in [-0.25, -0.2) is 0 Å². The van der Waals surface area contributed by atoms with Crippen molar-refractivity contribution in [3.05, 3.63) is 83.9 Å². The summed E-state index contributed by atoms with van der Waals surface area (Å²) in [6, 6.07) is 25.1. The predicted molar refractivity (Wildman–Crippen MR) is 145 cm³/mol. The molecule has 1 aromatic heterocycles. The van der Waals surface area contributed by atoms with E-state index in [-0.39, 0.29) is 5.97 Å². The van der Waals surface area contributed by atoms with Gasteiger partial charge in [-0.3, -0.25) is 9.69 Å². The van der Waals surface area contributed by atoms with E-state index in [1.165, 1.54) is 48.0 Å². The third-order valence-electron chi connectivity index (χ3n) is 6.93. The van der Waals surface area contributed by atoms with Gasteiger partial charge < -0.3 is 14.0 Å². The largest absolute Gasteiger partial charge is 0.496 e. The minimum Gasteiger partial charge on any atom is -0.496 e. The fraction of sp³-hybridized carbons (Fsp3) is 0.323. The van der Waals surface area contributed by atoms with Gasteiger partial charge in [-0.15, -0.1) is 0 Å². The molecule has 0 spiro atoms. The Labute approximate surface area is 213 Å². The number of nitrogens with zero attached hydrogens (tertiary/aromatic N) is 2. The van der Waals surface area contributed by atoms with Crippen LogP contribution >= 0.6 is 0 Å². The van der Waals surface area contributed by atoms with Crippen LogP contribution in [0.15, 0.2) is 72.8 Å². The maximum Gasteiger partial charge on any atom is 0.311 e. The number of fused-ring (bicyclic) bond motifs is 1. The number of carbonyl (C=O) groups is 1. The first-order chi connectivity index (χ1) is 17.6. The summed E-state index contributed by atoms with van der Waals surface area (Å²) in [6.45, 7) is 5.98. The molecule has 0 unspecified atom stereocenters. The number of methoxy groups -OCH3 is 1. The summed E-state index contributed by atoms with van der Waals surface area (Å²) in [6.07, 6.45) is 3.77. The van der Waals surface area contributed by atoms with Crippen LogP contribution < -0.4 is 9.47 Å². The lowest BCUT2D eigenvalue weighted by atomic mass is 10.1. The van der Waals surface area contributed by atoms with Crippen molar-refractivity contribution in [3.8, 4) is 22.8 Å². The molecule has 4 aromatic rings. The van der Waals surface area contributed by atoms with Crippen molar-refractivity contribution in [1.29, 1.82) is 0 Å². The van der Waals surface area contributed by atoms with Gasteiger partial charge in [0.2, 0.25) is 0 Å². The normalized spacial score (nSPS) is 13.8. The highest BCUT2D eigenvalue weighted by Crippen LogP contribution is 2.32. The Morgan fingerprint density at radius 1 is 0.917 bits per heavy atom. The Balaban J connectivity index is 1.44. The lowest BCUT2D eigenvalue weighted by Gasteiger charge is -2.18. The van der Waals surface area contributed by atoms with Gasteiger partial charge in [0.1, 0.15) is 11.5 Å². The van der Waals surface area contributed by atoms with Crippen molar-refractivity contribution in [2.45, 2.75) is 45.7 Å². The Morgan fingerprint density at radius 2 is 1.69 bits per heavy atom. The third kappa shape index (κ3) is 5.31. The van der Waals surface area contributed by atoms with Gasteiger partial charge in [0, 0.05) is 41.7 Å². The molecule has 36 heavy (non-hydrogen) atoms. The summed E-state index contributed by atoms with van der Waals surface area (Å²) in [7, 11) is 1.76. The molecule has 0 radical (unpaired) electrons. The van der Waals surface area contributed by atoms with E-state index in [2.05, 4.69) is 58.0 Å². The van der Waals surface area contributed by atoms with Crippen LogP contribution in [0.25, 0.3) is 22.2 Å². The quantitative estimate of drug-likeness (QED) is 0.197. The van der Waals surface area contributed by atoms with Crippen LogP contribution in [0.5, 0.6) is 11.5 Å². The number of hydrogen-bond acceptors (Lipinski definition) is 4. The van der Waals surface area contributed by atoms with Gasteiger partial charge >= 0.3 is 5.97 Å². The molecule has 0 atom stereocenters. The molecule has 3 aromatic carbocycles. The number of benzene rings is 3. The van der Waals surface area contributed by atoms with Gasteiger partial charge in [-0.1, -0.05) is 37.3 Å². The second-order valence-electron chi connectivity index (χ2n) is 9.55. The van der Waals surface area contributed by atoms with Crippen molar-refractivity contribution in [3.63, 3.8) is 0 Å². The zero-order chi connectivity index (χ0) is 24.9. The molecule has 5 rings (SSSR count). The van der Waals surface area contributed by atoms with Crippen molar-refractivity contribution in [2.75, 3.05) is 20.2 Å². The summed E-state index contributed by atoms with van der Waals surface area (Å²) < 4.78 is 13.6. The minimum absolute atomic E-state index is 0.193. The van der Waals surface area contributed by atoms with E-state index >= 15 is 0 Å². The summed E-state index contributed by atoms with van der Waals surface area (Å²) in [5.41, 5.74) is 5.84. The highest BCUT2D eigenvalue weighted by atomic mass is 16.5. The van der Waals surface area contributed by atoms with Crippen LogP contribution in [-0.2, 0) is 17.9 Å². The van der Waals surface area contributed by atoms with E-state index in [9.17, 15) is 4.79 Å². The molecule has 2 heterocycles. The SMILES string of the molecule is CCCC(=O)Oc1ccc(-c2cc3ccccc3n2Cc2ccc(CN3CCCC3)c(OC)c2)cc1. The number of esters is 1. The van der Waals surface area contributed by atoms with Crippen molar-refractivity contribution in [2.24, 2.45) is 0 Å². The molecule has 1 aliphatic rings. The molecule has 5 nitrogen and oxygen atoms in total. The molecular weight excluding hydrogens is 448 g/mol. The number of para-hydroxylation sites is 1. The zero-order valence-corrected chi connectivity index (χ0v) is 21.2. The Bertz CT molecular complexity index is 1330. The predicted octanol–water partition coefficient (Wildman–Crippen LogP) is 6.67. The van der Waals surface area contributed by atoms with Crippen LogP contribution in [0.2, 0.25) is 0 Å². The number of likely N-dealkylation sites (tertiary alicyclic amines) is 1. The second kappa shape index (κ2) is 11.0. The second-order valence-corrected chi connectivity index (χ2v) is 9.55. The topological polar surface area (TPSA) is 43.7 Å². The maximum absolute atomic E-state index is 11.9. The van der Waals surface area contributed by atoms with Crippen LogP contribution in [0.1, 0.15) is 43.7 Å². The third-order valence-corrected chi connectivity index (χ3v) is 6.93. The molecule has 186 valence electrons. The zero-order valence-electron chi connectivity index (χ0n) is 21.2. The van der Waals surface area contributed by atoms with E-state index in [1.54, 1.807) is 7.11 Å². The van der Waals surface area contributed by atoms with Gasteiger partial charge in [0.05, 0.1) is 7.11 Å². The Morgan fingerprint density at radius 3 is 2.44 bits per heavy atom. The fourth-order valence-electron chi connectivity index (χ4n) is 5.08.